The van der Waals surface area contributed by atoms with Crippen molar-refractivity contribution < 1.29 is 4.74 Å². The number of hydrogen-bond donors (Lipinski definition) is 1. The highest BCUT2D eigenvalue weighted by Crippen LogP contribution is 2.43. The molecule has 0 aliphatic carbocycles. The van der Waals surface area contributed by atoms with Gasteiger partial charge in [-0.25, -0.2) is 0 Å². The maximum absolute atomic E-state index is 6.31. The van der Waals surface area contributed by atoms with Crippen LogP contribution in [0.3, 0.4) is 0 Å². The second kappa shape index (κ2) is 6.89. The number of halogens is 3. The van der Waals surface area contributed by atoms with Gasteiger partial charge in [0.1, 0.15) is 11.9 Å². The Balaban J connectivity index is 0.00000161. The molecule has 0 amide bonds. The van der Waals surface area contributed by atoms with E-state index in [4.69, 9.17) is 33.7 Å². The molecule has 1 aliphatic heterocycles. The number of aryl methyl sites for hydroxylation is 1. The quantitative estimate of drug-likeness (QED) is 0.854. The van der Waals surface area contributed by atoms with Gasteiger partial charge in [0.15, 0.2) is 0 Å². The number of fused-ring (bicyclic) bond motifs is 1. The molecule has 112 valence electrons. The first-order valence-corrected chi connectivity index (χ1v) is 7.39. The molecule has 21 heavy (non-hydrogen) atoms. The minimum atomic E-state index is 0. The molecule has 2 aromatic carbocycles. The summed E-state index contributed by atoms with van der Waals surface area (Å²) in [6.45, 7) is 0.518. The molecular weight excluding hydrogens is 329 g/mol. The van der Waals surface area contributed by atoms with Crippen molar-refractivity contribution in [3.63, 3.8) is 0 Å². The maximum Gasteiger partial charge on any atom is 0.130 e. The molecule has 2 nitrogen and oxygen atoms in total. The fourth-order valence-corrected chi connectivity index (χ4v) is 3.18. The third kappa shape index (κ3) is 3.14. The highest BCUT2D eigenvalue weighted by atomic mass is 35.5. The van der Waals surface area contributed by atoms with Crippen molar-refractivity contribution >= 4 is 35.6 Å². The highest BCUT2D eigenvalue weighted by molar-refractivity contribution is 6.39. The van der Waals surface area contributed by atoms with Crippen LogP contribution in [0.25, 0.3) is 11.1 Å². The van der Waals surface area contributed by atoms with Crippen LogP contribution < -0.4 is 10.5 Å². The molecule has 0 spiro atoms. The SMILES string of the molecule is Cl.NC[C@H]1CCc2cccc(-c3c(Cl)cccc3Cl)c2O1. The van der Waals surface area contributed by atoms with E-state index in [1.807, 2.05) is 30.3 Å². The number of rotatable bonds is 2. The van der Waals surface area contributed by atoms with Crippen LogP contribution >= 0.6 is 35.6 Å². The number of benzene rings is 2. The Hall–Kier alpha value is -0.930. The molecule has 1 aliphatic rings. The summed E-state index contributed by atoms with van der Waals surface area (Å²) in [6, 6.07) is 11.6. The summed E-state index contributed by atoms with van der Waals surface area (Å²) in [5.74, 6) is 0.865. The normalized spacial score (nSPS) is 16.6. The molecule has 2 N–H and O–H groups in total. The number of ether oxygens (including phenoxy) is 1. The van der Waals surface area contributed by atoms with Gasteiger partial charge in [-0.2, -0.15) is 0 Å². The molecule has 0 fully saturated rings. The van der Waals surface area contributed by atoms with Crippen LogP contribution in [0.1, 0.15) is 12.0 Å². The van der Waals surface area contributed by atoms with Gasteiger partial charge in [0.05, 0.1) is 10.0 Å². The maximum atomic E-state index is 6.31. The third-order valence-electron chi connectivity index (χ3n) is 3.61. The average Bonchev–Trinajstić information content (AvgIpc) is 2.47. The topological polar surface area (TPSA) is 35.2 Å². The van der Waals surface area contributed by atoms with Crippen LogP contribution in [0.15, 0.2) is 36.4 Å². The van der Waals surface area contributed by atoms with Crippen LogP contribution in [0.5, 0.6) is 5.75 Å². The number of hydrogen-bond acceptors (Lipinski definition) is 2. The zero-order valence-corrected chi connectivity index (χ0v) is 13.6. The van der Waals surface area contributed by atoms with Gasteiger partial charge in [0, 0.05) is 17.7 Å². The van der Waals surface area contributed by atoms with E-state index in [-0.39, 0.29) is 18.5 Å². The van der Waals surface area contributed by atoms with Gasteiger partial charge in [0.2, 0.25) is 0 Å². The van der Waals surface area contributed by atoms with Gasteiger partial charge < -0.3 is 10.5 Å². The van der Waals surface area contributed by atoms with Crippen LogP contribution in [0.4, 0.5) is 0 Å². The van der Waals surface area contributed by atoms with E-state index >= 15 is 0 Å². The van der Waals surface area contributed by atoms with Crippen LogP contribution in [0, 0.1) is 0 Å². The second-order valence-electron chi connectivity index (χ2n) is 4.90. The van der Waals surface area contributed by atoms with Crippen molar-refractivity contribution in [3.05, 3.63) is 52.0 Å². The summed E-state index contributed by atoms with van der Waals surface area (Å²) in [5, 5.41) is 1.26. The summed E-state index contributed by atoms with van der Waals surface area (Å²) >= 11 is 12.6. The second-order valence-corrected chi connectivity index (χ2v) is 5.72. The minimum Gasteiger partial charge on any atom is -0.488 e. The average molecular weight is 345 g/mol. The van der Waals surface area contributed by atoms with E-state index < -0.39 is 0 Å². The smallest absolute Gasteiger partial charge is 0.130 e. The third-order valence-corrected chi connectivity index (χ3v) is 4.24. The van der Waals surface area contributed by atoms with Crippen molar-refractivity contribution in [1.82, 2.24) is 0 Å². The zero-order chi connectivity index (χ0) is 14.1. The molecule has 3 rings (SSSR count). The summed E-state index contributed by atoms with van der Waals surface area (Å²) < 4.78 is 6.03. The van der Waals surface area contributed by atoms with E-state index in [2.05, 4.69) is 6.07 Å². The van der Waals surface area contributed by atoms with E-state index in [9.17, 15) is 0 Å². The van der Waals surface area contributed by atoms with E-state index in [1.165, 1.54) is 5.56 Å². The highest BCUT2D eigenvalue weighted by Gasteiger charge is 2.23. The lowest BCUT2D eigenvalue weighted by atomic mass is 9.95. The van der Waals surface area contributed by atoms with Crippen molar-refractivity contribution in [1.29, 1.82) is 0 Å². The van der Waals surface area contributed by atoms with Crippen LogP contribution in [0.2, 0.25) is 10.0 Å². The predicted octanol–water partition coefficient (Wildman–Crippen LogP) is 4.73. The Morgan fingerprint density at radius 1 is 1.10 bits per heavy atom. The molecule has 1 heterocycles. The lowest BCUT2D eigenvalue weighted by Crippen LogP contribution is -2.30. The first-order valence-electron chi connectivity index (χ1n) is 6.63. The molecule has 0 radical (unpaired) electrons. The molecule has 1 atom stereocenters. The molecule has 0 aromatic heterocycles. The fourth-order valence-electron chi connectivity index (χ4n) is 2.58. The van der Waals surface area contributed by atoms with Crippen LogP contribution in [-0.4, -0.2) is 12.6 Å². The van der Waals surface area contributed by atoms with Crippen LogP contribution in [-0.2, 0) is 6.42 Å². The molecular formula is C16H16Cl3NO. The Morgan fingerprint density at radius 2 is 1.76 bits per heavy atom. The van der Waals surface area contributed by atoms with E-state index in [0.29, 0.717) is 16.6 Å². The Kier molecular flexibility index (Phi) is 5.39. The first-order chi connectivity index (χ1) is 9.70. The molecule has 0 saturated heterocycles. The lowest BCUT2D eigenvalue weighted by molar-refractivity contribution is 0.182. The van der Waals surface area contributed by atoms with Gasteiger partial charge >= 0.3 is 0 Å². The van der Waals surface area contributed by atoms with Crippen molar-refractivity contribution in [2.45, 2.75) is 18.9 Å². The summed E-state index contributed by atoms with van der Waals surface area (Å²) in [5.41, 5.74) is 8.68. The minimum absolute atomic E-state index is 0. The van der Waals surface area contributed by atoms with E-state index in [1.54, 1.807) is 0 Å². The molecule has 2 aromatic rings. The van der Waals surface area contributed by atoms with Gasteiger partial charge in [-0.15, -0.1) is 12.4 Å². The Bertz CT molecular complexity index is 625. The molecule has 0 unspecified atom stereocenters. The predicted molar refractivity (Wildman–Crippen MR) is 90.9 cm³/mol. The summed E-state index contributed by atoms with van der Waals surface area (Å²) in [4.78, 5) is 0. The molecule has 5 heteroatoms. The summed E-state index contributed by atoms with van der Waals surface area (Å²) in [7, 11) is 0. The Labute approximate surface area is 140 Å². The Morgan fingerprint density at radius 3 is 2.43 bits per heavy atom. The zero-order valence-electron chi connectivity index (χ0n) is 11.3. The van der Waals surface area contributed by atoms with Crippen molar-refractivity contribution in [2.75, 3.05) is 6.54 Å². The van der Waals surface area contributed by atoms with E-state index in [0.717, 1.165) is 29.7 Å². The summed E-state index contributed by atoms with van der Waals surface area (Å²) in [6.07, 6.45) is 1.97. The van der Waals surface area contributed by atoms with Gasteiger partial charge in [0.25, 0.3) is 0 Å². The molecule has 0 bridgehead atoms. The number of nitrogens with two attached hydrogens (primary N) is 1. The first kappa shape index (κ1) is 16.4. The largest absolute Gasteiger partial charge is 0.488 e. The fraction of sp³-hybridized carbons (Fsp3) is 0.250. The lowest BCUT2D eigenvalue weighted by Gasteiger charge is -2.27. The van der Waals surface area contributed by atoms with Gasteiger partial charge in [-0.05, 0) is 30.5 Å². The van der Waals surface area contributed by atoms with Gasteiger partial charge in [-0.1, -0.05) is 47.5 Å². The van der Waals surface area contributed by atoms with Gasteiger partial charge in [-0.3, -0.25) is 0 Å². The monoisotopic (exact) mass is 343 g/mol. The standard InChI is InChI=1S/C16H15Cl2NO.ClH/c17-13-5-2-6-14(18)15(13)12-4-1-3-10-7-8-11(9-19)20-16(10)12;/h1-6,11H,7-9,19H2;1H/t11-;/m1./s1. The van der Waals surface area contributed by atoms with Crippen molar-refractivity contribution in [2.24, 2.45) is 5.73 Å². The molecule has 0 saturated carbocycles. The van der Waals surface area contributed by atoms with Crippen molar-refractivity contribution in [3.8, 4) is 16.9 Å². The number of para-hydroxylation sites is 1.